The monoisotopic (exact) mass is 384 g/mol. The predicted octanol–water partition coefficient (Wildman–Crippen LogP) is 2.42. The molecule has 2 aliphatic heterocycles. The number of nitrogens with one attached hydrogen (secondary N) is 1. The zero-order chi connectivity index (χ0) is 19.4. The Balaban J connectivity index is 1.32. The van der Waals surface area contributed by atoms with Gasteiger partial charge in [-0.05, 0) is 37.3 Å². The normalized spacial score (nSPS) is 25.3. The van der Waals surface area contributed by atoms with Gasteiger partial charge in [0.15, 0.2) is 5.60 Å². The summed E-state index contributed by atoms with van der Waals surface area (Å²) < 4.78 is 0. The summed E-state index contributed by atoms with van der Waals surface area (Å²) in [4.78, 5) is 37.2. The van der Waals surface area contributed by atoms with Gasteiger partial charge in [0.1, 0.15) is 5.71 Å². The topological polar surface area (TPSA) is 83.9 Å². The first kappa shape index (κ1) is 18.9. The Morgan fingerprint density at radius 3 is 2.89 bits per heavy atom. The maximum atomic E-state index is 12.9. The van der Waals surface area contributed by atoms with Crippen molar-refractivity contribution < 1.29 is 14.4 Å². The average Bonchev–Trinajstić information content (AvgIpc) is 3.16. The molecule has 1 saturated heterocycles. The van der Waals surface area contributed by atoms with Gasteiger partial charge >= 0.3 is 0 Å². The molecule has 0 aromatic carbocycles. The van der Waals surface area contributed by atoms with Crippen molar-refractivity contribution in [2.45, 2.75) is 63.5 Å². The molecule has 1 aromatic rings. The third kappa shape index (κ3) is 4.18. The van der Waals surface area contributed by atoms with Crippen molar-refractivity contribution in [3.8, 4) is 0 Å². The lowest BCUT2D eigenvalue weighted by molar-refractivity contribution is -0.145. The second-order valence-corrected chi connectivity index (χ2v) is 8.23. The second-order valence-electron chi connectivity index (χ2n) is 8.23. The molecule has 4 rings (SSSR count). The Morgan fingerprint density at radius 1 is 1.25 bits per heavy atom. The first-order chi connectivity index (χ1) is 13.7. The molecule has 0 bridgehead atoms. The fraction of sp³-hybridized carbons (Fsp3) is 0.619. The molecule has 7 nitrogen and oxygen atoms in total. The highest BCUT2D eigenvalue weighted by atomic mass is 16.7. The maximum absolute atomic E-state index is 12.9. The summed E-state index contributed by atoms with van der Waals surface area (Å²) in [5, 5.41) is 6.96. The third-order valence-corrected chi connectivity index (χ3v) is 6.08. The van der Waals surface area contributed by atoms with Gasteiger partial charge in [0.25, 0.3) is 5.91 Å². The number of oxime groups is 1. The van der Waals surface area contributed by atoms with Crippen LogP contribution in [0.1, 0.15) is 56.9 Å². The van der Waals surface area contributed by atoms with E-state index in [0.717, 1.165) is 50.6 Å². The van der Waals surface area contributed by atoms with E-state index in [1.165, 1.54) is 6.42 Å². The van der Waals surface area contributed by atoms with E-state index in [1.807, 2.05) is 17.0 Å². The second kappa shape index (κ2) is 8.29. The van der Waals surface area contributed by atoms with Crippen molar-refractivity contribution in [3.63, 3.8) is 0 Å². The lowest BCUT2D eigenvalue weighted by atomic mass is 9.85. The molecule has 3 heterocycles. The smallest absolute Gasteiger partial charge is 0.269 e. The minimum absolute atomic E-state index is 0.161. The number of amides is 2. The number of carbonyl (C=O) groups is 2. The van der Waals surface area contributed by atoms with Crippen LogP contribution in [0.25, 0.3) is 0 Å². The summed E-state index contributed by atoms with van der Waals surface area (Å²) in [5.74, 6) is 0.210. The van der Waals surface area contributed by atoms with Crippen LogP contribution in [0.4, 0.5) is 0 Å². The maximum Gasteiger partial charge on any atom is 0.269 e. The number of pyridine rings is 1. The Labute approximate surface area is 165 Å². The van der Waals surface area contributed by atoms with E-state index in [9.17, 15) is 9.59 Å². The quantitative estimate of drug-likeness (QED) is 0.864. The summed E-state index contributed by atoms with van der Waals surface area (Å²) in [6.45, 7) is 1.72. The van der Waals surface area contributed by atoms with Crippen LogP contribution in [0, 0.1) is 5.92 Å². The van der Waals surface area contributed by atoms with Gasteiger partial charge in [-0.2, -0.15) is 0 Å². The number of likely N-dealkylation sites (tertiary alicyclic amines) is 1. The SMILES string of the molecule is O=C(NCc1cccnc1)C1=NO[C@]2(CCCN(C(=O)C3CCCCC3)C2)C1. The van der Waals surface area contributed by atoms with Crippen molar-refractivity contribution in [1.82, 2.24) is 15.2 Å². The predicted molar refractivity (Wildman–Crippen MR) is 104 cm³/mol. The summed E-state index contributed by atoms with van der Waals surface area (Å²) in [7, 11) is 0. The number of hydrogen-bond acceptors (Lipinski definition) is 5. The minimum Gasteiger partial charge on any atom is -0.386 e. The molecule has 1 atom stereocenters. The lowest BCUT2D eigenvalue weighted by Gasteiger charge is -2.40. The zero-order valence-electron chi connectivity index (χ0n) is 16.2. The van der Waals surface area contributed by atoms with E-state index in [2.05, 4.69) is 15.5 Å². The molecule has 1 N–H and O–H groups in total. The van der Waals surface area contributed by atoms with Gasteiger partial charge in [0.2, 0.25) is 5.91 Å². The van der Waals surface area contributed by atoms with Crippen LogP contribution in [-0.2, 0) is 21.0 Å². The molecule has 150 valence electrons. The van der Waals surface area contributed by atoms with Gasteiger partial charge in [-0.3, -0.25) is 14.6 Å². The van der Waals surface area contributed by atoms with E-state index in [-0.39, 0.29) is 17.7 Å². The Morgan fingerprint density at radius 2 is 2.11 bits per heavy atom. The Bertz CT molecular complexity index is 745. The molecule has 1 spiro atoms. The standard InChI is InChI=1S/C21H28N4O3/c26-19(23-14-16-6-4-10-22-13-16)18-12-21(28-24-18)9-5-11-25(15-21)20(27)17-7-2-1-3-8-17/h4,6,10,13,17H,1-3,5,7-9,11-12,14-15H2,(H,23,26)/t21-/m1/s1. The third-order valence-electron chi connectivity index (χ3n) is 6.08. The first-order valence-electron chi connectivity index (χ1n) is 10.4. The van der Waals surface area contributed by atoms with Crippen molar-refractivity contribution in [2.24, 2.45) is 11.1 Å². The van der Waals surface area contributed by atoms with Gasteiger partial charge in [-0.1, -0.05) is 30.5 Å². The van der Waals surface area contributed by atoms with Crippen molar-refractivity contribution in [3.05, 3.63) is 30.1 Å². The highest BCUT2D eigenvalue weighted by Crippen LogP contribution is 2.35. The lowest BCUT2D eigenvalue weighted by Crippen LogP contribution is -2.52. The number of nitrogens with zero attached hydrogens (tertiary/aromatic N) is 3. The summed E-state index contributed by atoms with van der Waals surface area (Å²) in [6.07, 6.45) is 11.1. The van der Waals surface area contributed by atoms with Gasteiger partial charge in [0.05, 0.1) is 6.54 Å². The number of piperidine rings is 1. The van der Waals surface area contributed by atoms with Crippen LogP contribution in [0.5, 0.6) is 0 Å². The molecular formula is C21H28N4O3. The van der Waals surface area contributed by atoms with Gasteiger partial charge in [-0.15, -0.1) is 0 Å². The van der Waals surface area contributed by atoms with Crippen LogP contribution < -0.4 is 5.32 Å². The fourth-order valence-electron chi connectivity index (χ4n) is 4.54. The number of carbonyl (C=O) groups excluding carboxylic acids is 2. The van der Waals surface area contributed by atoms with Crippen LogP contribution >= 0.6 is 0 Å². The van der Waals surface area contributed by atoms with Crippen LogP contribution in [0.2, 0.25) is 0 Å². The highest BCUT2D eigenvalue weighted by molar-refractivity contribution is 6.39. The van der Waals surface area contributed by atoms with Crippen LogP contribution in [0.3, 0.4) is 0 Å². The number of rotatable bonds is 4. The van der Waals surface area contributed by atoms with Crippen molar-refractivity contribution >= 4 is 17.5 Å². The van der Waals surface area contributed by atoms with E-state index >= 15 is 0 Å². The minimum atomic E-state index is -0.538. The first-order valence-corrected chi connectivity index (χ1v) is 10.4. The molecule has 1 saturated carbocycles. The number of aromatic nitrogens is 1. The molecular weight excluding hydrogens is 356 g/mol. The molecule has 1 aromatic heterocycles. The number of hydrogen-bond donors (Lipinski definition) is 1. The Hall–Kier alpha value is -2.44. The van der Waals surface area contributed by atoms with Crippen molar-refractivity contribution in [1.29, 1.82) is 0 Å². The van der Waals surface area contributed by atoms with Gasteiger partial charge in [-0.25, -0.2) is 0 Å². The fourth-order valence-corrected chi connectivity index (χ4v) is 4.54. The highest BCUT2D eigenvalue weighted by Gasteiger charge is 2.46. The average molecular weight is 384 g/mol. The van der Waals surface area contributed by atoms with Crippen LogP contribution in [0.15, 0.2) is 29.7 Å². The molecule has 0 unspecified atom stereocenters. The molecule has 3 aliphatic rings. The molecule has 28 heavy (non-hydrogen) atoms. The van der Waals surface area contributed by atoms with Crippen molar-refractivity contribution in [2.75, 3.05) is 13.1 Å². The van der Waals surface area contributed by atoms with E-state index in [4.69, 9.17) is 4.84 Å². The molecule has 1 aliphatic carbocycles. The van der Waals surface area contributed by atoms with E-state index in [1.54, 1.807) is 12.4 Å². The zero-order valence-corrected chi connectivity index (χ0v) is 16.2. The molecule has 2 amide bonds. The summed E-state index contributed by atoms with van der Waals surface area (Å²) >= 11 is 0. The largest absolute Gasteiger partial charge is 0.386 e. The molecule has 2 fully saturated rings. The molecule has 0 radical (unpaired) electrons. The Kier molecular flexibility index (Phi) is 5.59. The van der Waals surface area contributed by atoms with Gasteiger partial charge < -0.3 is 15.1 Å². The summed E-state index contributed by atoms with van der Waals surface area (Å²) in [5.41, 5.74) is 0.812. The van der Waals surface area contributed by atoms with Gasteiger partial charge in [0, 0.05) is 37.8 Å². The van der Waals surface area contributed by atoms with Crippen LogP contribution in [-0.4, -0.2) is 46.1 Å². The summed E-state index contributed by atoms with van der Waals surface area (Å²) in [6, 6.07) is 3.75. The molecule has 7 heteroatoms. The van der Waals surface area contributed by atoms with E-state index < -0.39 is 5.60 Å². The van der Waals surface area contributed by atoms with E-state index in [0.29, 0.717) is 25.2 Å².